The Labute approximate surface area is 267 Å². The number of allylic oxidation sites excluding steroid dienone is 2. The fourth-order valence-corrected chi connectivity index (χ4v) is 7.65. The van der Waals surface area contributed by atoms with Crippen molar-refractivity contribution >= 4 is 69.3 Å². The fourth-order valence-electron chi connectivity index (χ4n) is 5.43. The highest BCUT2D eigenvalue weighted by Gasteiger charge is 2.40. The Morgan fingerprint density at radius 2 is 1.17 bits per heavy atom. The van der Waals surface area contributed by atoms with Gasteiger partial charge in [0.25, 0.3) is 0 Å². The first-order valence-electron chi connectivity index (χ1n) is 13.2. The third-order valence-corrected chi connectivity index (χ3v) is 9.78. The second-order valence-electron chi connectivity index (χ2n) is 10.7. The molecule has 0 fully saturated rings. The van der Waals surface area contributed by atoms with E-state index in [0.29, 0.717) is 25.5 Å². The van der Waals surface area contributed by atoms with Crippen LogP contribution in [0.3, 0.4) is 0 Å². The Morgan fingerprint density at radius 1 is 0.739 bits per heavy atom. The molecule has 2 aromatic carbocycles. The normalized spacial score (nSPS) is 15.1. The summed E-state index contributed by atoms with van der Waals surface area (Å²) in [5, 5.41) is 19.3. The number of ether oxygens (including phenoxy) is 1. The van der Waals surface area contributed by atoms with Crippen molar-refractivity contribution in [2.45, 2.75) is 19.4 Å². The molecule has 13 heteroatoms. The zero-order valence-electron chi connectivity index (χ0n) is 23.5. The van der Waals surface area contributed by atoms with E-state index in [1.165, 1.54) is 47.8 Å². The summed E-state index contributed by atoms with van der Waals surface area (Å²) in [5.41, 5.74) is -0.527. The molecule has 11 nitrogen and oxygen atoms in total. The summed E-state index contributed by atoms with van der Waals surface area (Å²) in [4.78, 5) is 69.8. The molecule has 0 spiro atoms. The molecule has 0 unspecified atom stereocenters. The Hall–Kier alpha value is -6.38. The molecule has 7 rings (SSSR count). The second-order valence-corrected chi connectivity index (χ2v) is 12.8. The lowest BCUT2D eigenvalue weighted by Crippen LogP contribution is -2.29. The molecule has 0 amide bonds. The van der Waals surface area contributed by atoms with Gasteiger partial charge < -0.3 is 4.74 Å². The molecule has 3 heterocycles. The zero-order chi connectivity index (χ0) is 32.7. The third kappa shape index (κ3) is 3.98. The molecule has 46 heavy (non-hydrogen) atoms. The van der Waals surface area contributed by atoms with Crippen LogP contribution in [-0.2, 0) is 5.60 Å². The van der Waals surface area contributed by atoms with Gasteiger partial charge in [0.1, 0.15) is 38.3 Å². The Bertz CT molecular complexity index is 2340. The van der Waals surface area contributed by atoms with Crippen molar-refractivity contribution in [3.05, 3.63) is 107 Å². The highest BCUT2D eigenvalue weighted by Crippen LogP contribution is 2.51. The number of thiazole rings is 2. The molecule has 1 aliphatic heterocycles. The topological polar surface area (TPSA) is 160 Å². The van der Waals surface area contributed by atoms with Gasteiger partial charge >= 0.3 is 0 Å². The summed E-state index contributed by atoms with van der Waals surface area (Å²) in [6, 6.07) is 8.77. The van der Waals surface area contributed by atoms with Gasteiger partial charge in [-0.2, -0.15) is 10.5 Å². The number of rotatable bonds is 2. The van der Waals surface area contributed by atoms with Crippen molar-refractivity contribution in [3.8, 4) is 27.8 Å². The predicted molar refractivity (Wildman–Crippen MR) is 165 cm³/mol. The van der Waals surface area contributed by atoms with E-state index in [2.05, 4.69) is 19.7 Å². The van der Waals surface area contributed by atoms with Gasteiger partial charge in [-0.25, -0.2) is 9.97 Å². The maximum absolute atomic E-state index is 13.2. The quantitative estimate of drug-likeness (QED) is 0.133. The van der Waals surface area contributed by atoms with Gasteiger partial charge in [0, 0.05) is 22.3 Å². The minimum atomic E-state index is -0.966. The van der Waals surface area contributed by atoms with Gasteiger partial charge in [-0.3, -0.25) is 28.9 Å². The van der Waals surface area contributed by atoms with Crippen LogP contribution < -0.4 is 4.74 Å². The number of hydrogen-bond acceptors (Lipinski definition) is 11. The van der Waals surface area contributed by atoms with Gasteiger partial charge in [0.15, 0.2) is 34.5 Å². The highest BCUT2D eigenvalue weighted by atomic mass is 32.1. The van der Waals surface area contributed by atoms with Crippen LogP contribution in [0.1, 0.15) is 82.1 Å². The first-order chi connectivity index (χ1) is 22.0. The summed E-state index contributed by atoms with van der Waals surface area (Å²) in [6.45, 7) is 18.2. The molecular formula is C33H12N6O5S2. The standard InChI is InChI=1S/C33H12N6O5S2/c1-33(2)31-29(45-23(38-31)9-19-27(42)17-7-21(36-3)22(37-4)8-18(17)28(19)43)30-32(44-33)39-24(46-30)10-20-25(40)15-5-13(11-34)14(12-35)6-16(15)26(20)41/h5-10H,1-2H3. The van der Waals surface area contributed by atoms with Crippen molar-refractivity contribution in [2.24, 2.45) is 0 Å². The molecule has 0 bridgehead atoms. The van der Waals surface area contributed by atoms with Gasteiger partial charge in [0.2, 0.25) is 5.88 Å². The number of carbonyl (C=O) groups excluding carboxylic acids is 4. The van der Waals surface area contributed by atoms with Crippen LogP contribution in [0.4, 0.5) is 11.4 Å². The number of hydrogen-bond donors (Lipinski definition) is 0. The zero-order valence-corrected chi connectivity index (χ0v) is 25.1. The number of nitrogens with zero attached hydrogens (tertiary/aromatic N) is 6. The van der Waals surface area contributed by atoms with Crippen LogP contribution in [0, 0.1) is 35.8 Å². The number of Topliss-reactive ketones (excluding diaryl/α,β-unsaturated/α-hetero) is 4. The largest absolute Gasteiger partial charge is 0.464 e. The van der Waals surface area contributed by atoms with E-state index >= 15 is 0 Å². The number of fused-ring (bicyclic) bond motifs is 5. The van der Waals surface area contributed by atoms with Crippen molar-refractivity contribution in [2.75, 3.05) is 0 Å². The molecule has 216 valence electrons. The van der Waals surface area contributed by atoms with E-state index in [4.69, 9.17) is 17.9 Å². The Balaban J connectivity index is 1.27. The van der Waals surface area contributed by atoms with Crippen LogP contribution in [0.2, 0.25) is 0 Å². The van der Waals surface area contributed by atoms with Crippen LogP contribution in [-0.4, -0.2) is 33.1 Å². The monoisotopic (exact) mass is 636 g/mol. The first kappa shape index (κ1) is 28.4. The van der Waals surface area contributed by atoms with Crippen molar-refractivity contribution in [3.63, 3.8) is 0 Å². The molecule has 4 aromatic rings. The number of ketones is 4. The molecule has 0 radical (unpaired) electrons. The second kappa shape index (κ2) is 9.82. The van der Waals surface area contributed by atoms with Gasteiger partial charge in [-0.1, -0.05) is 12.1 Å². The van der Waals surface area contributed by atoms with E-state index < -0.39 is 28.7 Å². The van der Waals surface area contributed by atoms with Crippen LogP contribution >= 0.6 is 22.7 Å². The van der Waals surface area contributed by atoms with E-state index in [9.17, 15) is 29.7 Å². The minimum Gasteiger partial charge on any atom is -0.464 e. The molecule has 0 atom stereocenters. The molecule has 0 saturated heterocycles. The molecule has 2 aliphatic carbocycles. The predicted octanol–water partition coefficient (Wildman–Crippen LogP) is 6.66. The fraction of sp³-hybridized carbons (Fsp3) is 0.0909. The molecular weight excluding hydrogens is 625 g/mol. The lowest BCUT2D eigenvalue weighted by Gasteiger charge is -2.28. The van der Waals surface area contributed by atoms with Crippen LogP contribution in [0.15, 0.2) is 35.4 Å². The summed E-state index contributed by atoms with van der Waals surface area (Å²) < 4.78 is 6.16. The van der Waals surface area contributed by atoms with Gasteiger partial charge in [-0.15, -0.1) is 22.7 Å². The van der Waals surface area contributed by atoms with Gasteiger partial charge in [-0.05, 0) is 38.1 Å². The summed E-state index contributed by atoms with van der Waals surface area (Å²) in [6.07, 6.45) is 2.74. The summed E-state index contributed by atoms with van der Waals surface area (Å²) in [5.74, 6) is -2.03. The Morgan fingerprint density at radius 3 is 1.63 bits per heavy atom. The van der Waals surface area contributed by atoms with E-state index in [1.807, 2.05) is 12.1 Å². The average Bonchev–Trinajstić information content (AvgIpc) is 3.77. The summed E-state index contributed by atoms with van der Waals surface area (Å²) >= 11 is 2.36. The SMILES string of the molecule is [C-]#[N+]c1cc2c(cc1[N+]#[C-])C(=O)C(=Cc1nc3c(s1)-c1sc(C=C4C(=O)c5cc(C#N)c(C#N)cc5C4=O)nc1OC3(C)C)C2=O. The summed E-state index contributed by atoms with van der Waals surface area (Å²) in [7, 11) is 0. The van der Waals surface area contributed by atoms with Crippen LogP contribution in [0.25, 0.3) is 31.6 Å². The molecule has 0 N–H and O–H groups in total. The average molecular weight is 637 g/mol. The first-order valence-corrected chi connectivity index (χ1v) is 14.9. The maximum atomic E-state index is 13.2. The lowest BCUT2D eigenvalue weighted by molar-refractivity contribution is 0.0957. The number of nitriles is 2. The number of carbonyl (C=O) groups is 4. The van der Waals surface area contributed by atoms with Crippen LogP contribution in [0.5, 0.6) is 5.88 Å². The van der Waals surface area contributed by atoms with E-state index in [-0.39, 0.29) is 61.8 Å². The van der Waals surface area contributed by atoms with Gasteiger partial charge in [0.05, 0.1) is 40.3 Å². The number of aromatic nitrogens is 2. The third-order valence-electron chi connectivity index (χ3n) is 7.63. The molecule has 0 saturated carbocycles. The van der Waals surface area contributed by atoms with Crippen molar-refractivity contribution < 1.29 is 23.9 Å². The molecule has 3 aliphatic rings. The van der Waals surface area contributed by atoms with Crippen molar-refractivity contribution in [1.29, 1.82) is 10.5 Å². The van der Waals surface area contributed by atoms with E-state index in [1.54, 1.807) is 13.8 Å². The maximum Gasteiger partial charge on any atom is 0.235 e. The number of benzene rings is 2. The lowest BCUT2D eigenvalue weighted by atomic mass is 10.0. The smallest absolute Gasteiger partial charge is 0.235 e. The highest BCUT2D eigenvalue weighted by molar-refractivity contribution is 7.23. The van der Waals surface area contributed by atoms with E-state index in [0.717, 1.165) is 11.3 Å². The molecule has 2 aromatic heterocycles. The Kier molecular flexibility index (Phi) is 6.06. The minimum absolute atomic E-state index is 0.00128. The van der Waals surface area contributed by atoms with Crippen molar-refractivity contribution in [1.82, 2.24) is 9.97 Å².